The molecule has 0 aromatic heterocycles. The standard InChI is InChI=1S/C13H14O3/c1-4-12-6-5-10(14)13(8-12,9(2)7-12)11(15)16-3/h1H,2,5-8H2,3H3. The number of hydrogen-bond donors (Lipinski definition) is 0. The van der Waals surface area contributed by atoms with Crippen molar-refractivity contribution in [2.24, 2.45) is 10.8 Å². The van der Waals surface area contributed by atoms with Crippen LogP contribution in [0.1, 0.15) is 25.7 Å². The van der Waals surface area contributed by atoms with Crippen molar-refractivity contribution >= 4 is 11.8 Å². The molecular formula is C13H14O3. The van der Waals surface area contributed by atoms with E-state index in [9.17, 15) is 9.59 Å². The fourth-order valence-electron chi connectivity index (χ4n) is 2.97. The Kier molecular flexibility index (Phi) is 2.20. The molecule has 2 fully saturated rings. The van der Waals surface area contributed by atoms with Gasteiger partial charge in [-0.25, -0.2) is 0 Å². The van der Waals surface area contributed by atoms with Crippen LogP contribution in [0.2, 0.25) is 0 Å². The first kappa shape index (κ1) is 10.9. The maximum Gasteiger partial charge on any atom is 0.323 e. The highest BCUT2D eigenvalue weighted by molar-refractivity contribution is 6.08. The van der Waals surface area contributed by atoms with Crippen molar-refractivity contribution in [3.63, 3.8) is 0 Å². The lowest BCUT2D eigenvalue weighted by molar-refractivity contribution is -0.157. The molecule has 0 N–H and O–H groups in total. The van der Waals surface area contributed by atoms with E-state index < -0.39 is 11.4 Å². The third-order valence-electron chi connectivity index (χ3n) is 3.91. The van der Waals surface area contributed by atoms with Crippen LogP contribution < -0.4 is 0 Å². The molecule has 0 aromatic rings. The summed E-state index contributed by atoms with van der Waals surface area (Å²) >= 11 is 0. The third kappa shape index (κ3) is 1.10. The summed E-state index contributed by atoms with van der Waals surface area (Å²) in [7, 11) is 1.29. The number of hydrogen-bond acceptors (Lipinski definition) is 3. The zero-order valence-corrected chi connectivity index (χ0v) is 9.34. The van der Waals surface area contributed by atoms with Crippen LogP contribution in [0.3, 0.4) is 0 Å². The van der Waals surface area contributed by atoms with Gasteiger partial charge in [0.1, 0.15) is 5.41 Å². The maximum absolute atomic E-state index is 12.0. The highest BCUT2D eigenvalue weighted by Crippen LogP contribution is 2.59. The summed E-state index contributed by atoms with van der Waals surface area (Å²) in [5, 5.41) is 0. The van der Waals surface area contributed by atoms with Crippen LogP contribution in [0.25, 0.3) is 0 Å². The van der Waals surface area contributed by atoms with Crippen molar-refractivity contribution in [3.8, 4) is 12.3 Å². The van der Waals surface area contributed by atoms with Crippen molar-refractivity contribution < 1.29 is 14.3 Å². The summed E-state index contributed by atoms with van der Waals surface area (Å²) in [4.78, 5) is 23.9. The molecule has 3 nitrogen and oxygen atoms in total. The van der Waals surface area contributed by atoms with Gasteiger partial charge in [0.25, 0.3) is 0 Å². The molecule has 0 spiro atoms. The minimum Gasteiger partial charge on any atom is -0.468 e. The number of Topliss-reactive ketones (excluding diaryl/α,β-unsaturated/α-hetero) is 1. The third-order valence-corrected chi connectivity index (χ3v) is 3.91. The zero-order valence-electron chi connectivity index (χ0n) is 9.34. The Balaban J connectivity index is 2.51. The molecule has 2 aliphatic carbocycles. The van der Waals surface area contributed by atoms with Gasteiger partial charge in [-0.15, -0.1) is 6.42 Å². The largest absolute Gasteiger partial charge is 0.468 e. The van der Waals surface area contributed by atoms with Crippen molar-refractivity contribution in [1.29, 1.82) is 0 Å². The summed E-state index contributed by atoms with van der Waals surface area (Å²) in [5.74, 6) is 2.15. The molecule has 0 amide bonds. The van der Waals surface area contributed by atoms with Crippen LogP contribution >= 0.6 is 0 Å². The molecule has 2 bridgehead atoms. The molecule has 0 aromatic carbocycles. The van der Waals surface area contributed by atoms with E-state index in [1.54, 1.807) is 0 Å². The van der Waals surface area contributed by atoms with Crippen LogP contribution in [0.4, 0.5) is 0 Å². The Morgan fingerprint density at radius 3 is 2.88 bits per heavy atom. The second kappa shape index (κ2) is 3.21. The average molecular weight is 218 g/mol. The number of ketones is 1. The van der Waals surface area contributed by atoms with Gasteiger partial charge in [0.15, 0.2) is 5.78 Å². The summed E-state index contributed by atoms with van der Waals surface area (Å²) in [5.41, 5.74) is -0.891. The van der Waals surface area contributed by atoms with E-state index in [0.29, 0.717) is 31.3 Å². The van der Waals surface area contributed by atoms with Crippen molar-refractivity contribution in [3.05, 3.63) is 12.2 Å². The number of fused-ring (bicyclic) bond motifs is 2. The van der Waals surface area contributed by atoms with Crippen molar-refractivity contribution in [1.82, 2.24) is 0 Å². The Bertz CT molecular complexity index is 419. The lowest BCUT2D eigenvalue weighted by atomic mass is 9.68. The first-order valence-electron chi connectivity index (χ1n) is 5.28. The number of methoxy groups -OCH3 is 1. The van der Waals surface area contributed by atoms with E-state index in [-0.39, 0.29) is 11.2 Å². The number of esters is 1. The zero-order chi connectivity index (χ0) is 12.0. The number of terminal acetylenes is 1. The van der Waals surface area contributed by atoms with Gasteiger partial charge >= 0.3 is 5.97 Å². The second-order valence-electron chi connectivity index (χ2n) is 4.70. The summed E-state index contributed by atoms with van der Waals surface area (Å²) in [6.45, 7) is 3.86. The van der Waals surface area contributed by atoms with Crippen LogP contribution in [-0.4, -0.2) is 18.9 Å². The Labute approximate surface area is 94.9 Å². The van der Waals surface area contributed by atoms with Crippen molar-refractivity contribution in [2.45, 2.75) is 25.7 Å². The first-order chi connectivity index (χ1) is 7.50. The predicted molar refractivity (Wildman–Crippen MR) is 58.3 cm³/mol. The van der Waals surface area contributed by atoms with Gasteiger partial charge in [-0.2, -0.15) is 0 Å². The summed E-state index contributed by atoms with van der Waals surface area (Å²) in [6.07, 6.45) is 7.46. The number of ether oxygens (including phenoxy) is 1. The molecular weight excluding hydrogens is 204 g/mol. The van der Waals surface area contributed by atoms with Gasteiger partial charge in [0, 0.05) is 11.8 Å². The smallest absolute Gasteiger partial charge is 0.323 e. The minimum atomic E-state index is -1.15. The monoisotopic (exact) mass is 218 g/mol. The maximum atomic E-state index is 12.0. The molecule has 3 heteroatoms. The highest BCUT2D eigenvalue weighted by atomic mass is 16.5. The molecule has 16 heavy (non-hydrogen) atoms. The second-order valence-corrected chi connectivity index (χ2v) is 4.70. The molecule has 0 aliphatic heterocycles. The van der Waals surface area contributed by atoms with Crippen LogP contribution in [0.15, 0.2) is 12.2 Å². The number of carbonyl (C=O) groups is 2. The molecule has 2 saturated carbocycles. The SMILES string of the molecule is C#CC12CCC(=O)C(C(=O)OC)(C1)C(=C)C2. The van der Waals surface area contributed by atoms with Gasteiger partial charge in [-0.3, -0.25) is 9.59 Å². The lowest BCUT2D eigenvalue weighted by Crippen LogP contribution is -2.43. The quantitative estimate of drug-likeness (QED) is 0.290. The molecule has 84 valence electrons. The molecule has 2 aliphatic rings. The summed E-state index contributed by atoms with van der Waals surface area (Å²) < 4.78 is 4.75. The summed E-state index contributed by atoms with van der Waals surface area (Å²) in [6, 6.07) is 0. The first-order valence-corrected chi connectivity index (χ1v) is 5.28. The van der Waals surface area contributed by atoms with E-state index in [1.165, 1.54) is 7.11 Å². The molecule has 2 rings (SSSR count). The van der Waals surface area contributed by atoms with Gasteiger partial charge in [-0.05, 0) is 19.3 Å². The van der Waals surface area contributed by atoms with Crippen molar-refractivity contribution in [2.75, 3.05) is 7.11 Å². The van der Waals surface area contributed by atoms with E-state index in [4.69, 9.17) is 11.2 Å². The van der Waals surface area contributed by atoms with Gasteiger partial charge in [0.2, 0.25) is 0 Å². The fraction of sp³-hybridized carbons (Fsp3) is 0.538. The molecule has 2 atom stereocenters. The normalized spacial score (nSPS) is 37.0. The Morgan fingerprint density at radius 1 is 1.62 bits per heavy atom. The van der Waals surface area contributed by atoms with Crippen LogP contribution in [-0.2, 0) is 14.3 Å². The van der Waals surface area contributed by atoms with Crippen LogP contribution in [0.5, 0.6) is 0 Å². The highest BCUT2D eigenvalue weighted by Gasteiger charge is 2.62. The predicted octanol–water partition coefficient (Wildman–Crippen LogP) is 1.48. The molecule has 2 unspecified atom stereocenters. The minimum absolute atomic E-state index is 0.0901. The topological polar surface area (TPSA) is 43.4 Å². The average Bonchev–Trinajstić information content (AvgIpc) is 2.55. The van der Waals surface area contributed by atoms with Gasteiger partial charge < -0.3 is 4.74 Å². The molecule has 0 heterocycles. The lowest BCUT2D eigenvalue weighted by Gasteiger charge is -2.33. The van der Waals surface area contributed by atoms with Gasteiger partial charge in [0.05, 0.1) is 7.11 Å². The van der Waals surface area contributed by atoms with E-state index in [1.807, 2.05) is 0 Å². The fourth-order valence-corrected chi connectivity index (χ4v) is 2.97. The Morgan fingerprint density at radius 2 is 2.31 bits per heavy atom. The van der Waals surface area contributed by atoms with E-state index >= 15 is 0 Å². The molecule has 0 saturated heterocycles. The van der Waals surface area contributed by atoms with Gasteiger partial charge in [-0.1, -0.05) is 18.1 Å². The van der Waals surface area contributed by atoms with Crippen LogP contribution in [0, 0.1) is 23.2 Å². The Hall–Kier alpha value is -1.56. The molecule has 0 radical (unpaired) electrons. The van der Waals surface area contributed by atoms with E-state index in [0.717, 1.165) is 0 Å². The number of carbonyl (C=O) groups excluding carboxylic acids is 2. The number of rotatable bonds is 1. The van der Waals surface area contributed by atoms with E-state index in [2.05, 4.69) is 12.5 Å².